The lowest BCUT2D eigenvalue weighted by molar-refractivity contribution is -0.274. The Morgan fingerprint density at radius 1 is 1.20 bits per heavy atom. The molecule has 2 heterocycles. The number of alkyl halides is 3. The number of aromatic nitrogens is 3. The lowest BCUT2D eigenvalue weighted by Crippen LogP contribution is -2.17. The average Bonchev–Trinajstić information content (AvgIpc) is 3.20. The number of hydrogen-bond donors (Lipinski definition) is 1. The van der Waals surface area contributed by atoms with Crippen LogP contribution in [0.1, 0.15) is 16.2 Å². The predicted molar refractivity (Wildman–Crippen MR) is 102 cm³/mol. The van der Waals surface area contributed by atoms with Gasteiger partial charge in [0.25, 0.3) is 5.91 Å². The first-order chi connectivity index (χ1) is 14.2. The quantitative estimate of drug-likeness (QED) is 0.481. The van der Waals surface area contributed by atoms with E-state index < -0.39 is 18.0 Å². The van der Waals surface area contributed by atoms with Crippen molar-refractivity contribution in [3.05, 3.63) is 65.0 Å². The van der Waals surface area contributed by atoms with E-state index in [1.807, 2.05) is 0 Å². The molecule has 0 unspecified atom stereocenters. The topological polar surface area (TPSA) is 81.7 Å². The van der Waals surface area contributed by atoms with Gasteiger partial charge in [0.05, 0.1) is 10.7 Å². The molecule has 0 aliphatic rings. The van der Waals surface area contributed by atoms with Gasteiger partial charge < -0.3 is 14.5 Å². The van der Waals surface area contributed by atoms with Crippen LogP contribution in [-0.2, 0) is 0 Å². The van der Waals surface area contributed by atoms with E-state index >= 15 is 0 Å². The number of nitrogens with zero attached hydrogens (tertiary/aromatic N) is 3. The standard InChI is InChI=1S/C19H12ClF3N4O3/c1-10-15(17(28)24-11-5-4-6-12(9-11)30-19(21,22)23)29-18-25-16(26-27(10)18)13-7-2-3-8-14(13)20/h2-9H,1H3,(H,24,28). The molecule has 1 amide bonds. The van der Waals surface area contributed by atoms with Crippen molar-refractivity contribution in [2.45, 2.75) is 13.3 Å². The van der Waals surface area contributed by atoms with Crippen LogP contribution in [0.2, 0.25) is 5.02 Å². The second kappa shape index (κ2) is 7.38. The minimum atomic E-state index is -4.84. The molecule has 0 atom stereocenters. The zero-order valence-corrected chi connectivity index (χ0v) is 16.0. The van der Waals surface area contributed by atoms with Gasteiger partial charge in [-0.25, -0.2) is 0 Å². The summed E-state index contributed by atoms with van der Waals surface area (Å²) in [5.74, 6) is -0.827. The van der Waals surface area contributed by atoms with E-state index in [0.29, 0.717) is 22.1 Å². The van der Waals surface area contributed by atoms with Gasteiger partial charge in [0, 0.05) is 17.3 Å². The number of halogens is 4. The van der Waals surface area contributed by atoms with Crippen LogP contribution in [0.15, 0.2) is 52.9 Å². The fourth-order valence-corrected chi connectivity index (χ4v) is 2.99. The largest absolute Gasteiger partial charge is 0.573 e. The third kappa shape index (κ3) is 3.94. The summed E-state index contributed by atoms with van der Waals surface area (Å²) < 4.78 is 47.8. The Hall–Kier alpha value is -3.53. The van der Waals surface area contributed by atoms with Crippen molar-refractivity contribution in [2.24, 2.45) is 0 Å². The fourth-order valence-electron chi connectivity index (χ4n) is 2.77. The predicted octanol–water partition coefficient (Wildman–Crippen LogP) is 5.10. The summed E-state index contributed by atoms with van der Waals surface area (Å²) >= 11 is 6.15. The molecule has 30 heavy (non-hydrogen) atoms. The van der Waals surface area contributed by atoms with Gasteiger partial charge >= 0.3 is 12.2 Å². The highest BCUT2D eigenvalue weighted by atomic mass is 35.5. The number of carbonyl (C=O) groups is 1. The van der Waals surface area contributed by atoms with Crippen LogP contribution in [0.3, 0.4) is 0 Å². The molecule has 0 fully saturated rings. The first kappa shape index (κ1) is 19.8. The molecule has 4 aromatic rings. The van der Waals surface area contributed by atoms with E-state index in [1.54, 1.807) is 31.2 Å². The molecule has 154 valence electrons. The minimum Gasteiger partial charge on any atom is -0.416 e. The number of fused-ring (bicyclic) bond motifs is 1. The minimum absolute atomic E-state index is 0.0710. The van der Waals surface area contributed by atoms with Crippen molar-refractivity contribution in [3.8, 4) is 17.1 Å². The molecule has 11 heteroatoms. The highest BCUT2D eigenvalue weighted by Gasteiger charge is 2.31. The van der Waals surface area contributed by atoms with Gasteiger partial charge in [-0.2, -0.15) is 9.50 Å². The molecule has 0 aliphatic carbocycles. The summed E-state index contributed by atoms with van der Waals surface area (Å²) in [6.45, 7) is 1.60. The van der Waals surface area contributed by atoms with E-state index in [2.05, 4.69) is 20.1 Å². The number of benzene rings is 2. The van der Waals surface area contributed by atoms with E-state index in [1.165, 1.54) is 16.6 Å². The van der Waals surface area contributed by atoms with Crippen LogP contribution in [0.4, 0.5) is 18.9 Å². The molecule has 0 saturated heterocycles. The van der Waals surface area contributed by atoms with Gasteiger partial charge in [-0.05, 0) is 31.2 Å². The molecule has 0 radical (unpaired) electrons. The van der Waals surface area contributed by atoms with Crippen molar-refractivity contribution in [2.75, 3.05) is 5.32 Å². The smallest absolute Gasteiger partial charge is 0.416 e. The highest BCUT2D eigenvalue weighted by molar-refractivity contribution is 6.33. The third-order valence-electron chi connectivity index (χ3n) is 4.06. The number of oxazole rings is 1. The summed E-state index contributed by atoms with van der Waals surface area (Å²) in [4.78, 5) is 16.8. The van der Waals surface area contributed by atoms with E-state index in [4.69, 9.17) is 16.0 Å². The van der Waals surface area contributed by atoms with Crippen LogP contribution in [0.5, 0.6) is 5.75 Å². The van der Waals surface area contributed by atoms with Crippen LogP contribution in [-0.4, -0.2) is 26.9 Å². The number of anilines is 1. The summed E-state index contributed by atoms with van der Waals surface area (Å²) in [6, 6.07) is 11.9. The Labute approximate surface area is 172 Å². The average molecular weight is 437 g/mol. The molecule has 0 bridgehead atoms. The number of aryl methyl sites for hydroxylation is 1. The zero-order chi connectivity index (χ0) is 21.5. The highest BCUT2D eigenvalue weighted by Crippen LogP contribution is 2.28. The molecular formula is C19H12ClF3N4O3. The lowest BCUT2D eigenvalue weighted by atomic mass is 10.2. The molecular weight excluding hydrogens is 425 g/mol. The molecule has 2 aromatic heterocycles. The third-order valence-corrected chi connectivity index (χ3v) is 4.39. The SMILES string of the molecule is Cc1c(C(=O)Nc2cccc(OC(F)(F)F)c2)oc2nc(-c3ccccc3Cl)nn12. The molecule has 1 N–H and O–H groups in total. The second-order valence-corrected chi connectivity index (χ2v) is 6.56. The number of ether oxygens (including phenoxy) is 1. The van der Waals surface area contributed by atoms with Gasteiger partial charge in [0.1, 0.15) is 5.75 Å². The Balaban J connectivity index is 1.59. The monoisotopic (exact) mass is 436 g/mol. The first-order valence-corrected chi connectivity index (χ1v) is 8.87. The maximum atomic E-state index is 12.6. The Bertz CT molecular complexity index is 1250. The zero-order valence-electron chi connectivity index (χ0n) is 15.2. The number of amides is 1. The van der Waals surface area contributed by atoms with E-state index in [-0.39, 0.29) is 17.3 Å². The van der Waals surface area contributed by atoms with Gasteiger partial charge in [-0.15, -0.1) is 18.3 Å². The normalized spacial score (nSPS) is 11.6. The second-order valence-electron chi connectivity index (χ2n) is 6.16. The summed E-state index contributed by atoms with van der Waals surface area (Å²) in [6.07, 6.45) is -4.84. The first-order valence-electron chi connectivity index (χ1n) is 8.49. The van der Waals surface area contributed by atoms with Crippen molar-refractivity contribution in [1.29, 1.82) is 0 Å². The number of hydrogen-bond acceptors (Lipinski definition) is 5. The maximum Gasteiger partial charge on any atom is 0.573 e. The van der Waals surface area contributed by atoms with E-state index in [0.717, 1.165) is 12.1 Å². The number of nitrogens with one attached hydrogen (secondary N) is 1. The van der Waals surface area contributed by atoms with Crippen LogP contribution in [0, 0.1) is 6.92 Å². The molecule has 0 spiro atoms. The Morgan fingerprint density at radius 2 is 1.97 bits per heavy atom. The fraction of sp³-hybridized carbons (Fsp3) is 0.105. The van der Waals surface area contributed by atoms with Gasteiger partial charge in [-0.3, -0.25) is 4.79 Å². The summed E-state index contributed by atoms with van der Waals surface area (Å²) in [7, 11) is 0. The van der Waals surface area contributed by atoms with Gasteiger partial charge in [0.15, 0.2) is 5.82 Å². The molecule has 7 nitrogen and oxygen atoms in total. The number of rotatable bonds is 4. The van der Waals surface area contributed by atoms with Crippen LogP contribution >= 0.6 is 11.6 Å². The molecule has 4 rings (SSSR count). The Morgan fingerprint density at radius 3 is 2.67 bits per heavy atom. The summed E-state index contributed by atoms with van der Waals surface area (Å²) in [5, 5.41) is 7.23. The Kier molecular flexibility index (Phi) is 4.86. The van der Waals surface area contributed by atoms with Crippen molar-refractivity contribution >= 4 is 29.0 Å². The van der Waals surface area contributed by atoms with Crippen molar-refractivity contribution < 1.29 is 27.1 Å². The maximum absolute atomic E-state index is 12.6. The van der Waals surface area contributed by atoms with Crippen LogP contribution in [0.25, 0.3) is 17.2 Å². The lowest BCUT2D eigenvalue weighted by Gasteiger charge is -2.10. The molecule has 0 aliphatic heterocycles. The van der Waals surface area contributed by atoms with Crippen LogP contribution < -0.4 is 10.1 Å². The van der Waals surface area contributed by atoms with E-state index in [9.17, 15) is 18.0 Å². The molecule has 2 aromatic carbocycles. The van der Waals surface area contributed by atoms with Crippen molar-refractivity contribution in [1.82, 2.24) is 14.6 Å². The number of carbonyl (C=O) groups excluding carboxylic acids is 1. The molecule has 0 saturated carbocycles. The van der Waals surface area contributed by atoms with Gasteiger partial charge in [0.2, 0.25) is 5.76 Å². The van der Waals surface area contributed by atoms with Crippen molar-refractivity contribution in [3.63, 3.8) is 0 Å². The van der Waals surface area contributed by atoms with Gasteiger partial charge in [-0.1, -0.05) is 29.8 Å². The summed E-state index contributed by atoms with van der Waals surface area (Å²) in [5.41, 5.74) is 1.06.